The summed E-state index contributed by atoms with van der Waals surface area (Å²) in [6.45, 7) is 12.7. The Labute approximate surface area is 144 Å². The average Bonchev–Trinajstić information content (AvgIpc) is 2.56. The predicted octanol–water partition coefficient (Wildman–Crippen LogP) is 4.91. The van der Waals surface area contributed by atoms with Gasteiger partial charge >= 0.3 is 0 Å². The van der Waals surface area contributed by atoms with Gasteiger partial charge in [-0.05, 0) is 55.7 Å². The maximum absolute atomic E-state index is 10.4. The minimum atomic E-state index is 0.356. The van der Waals surface area contributed by atoms with E-state index in [1.165, 1.54) is 16.1 Å². The third-order valence-corrected chi connectivity index (χ3v) is 5.11. The van der Waals surface area contributed by atoms with E-state index in [0.717, 1.165) is 18.4 Å². The highest BCUT2D eigenvalue weighted by Crippen LogP contribution is 2.30. The zero-order valence-corrected chi connectivity index (χ0v) is 15.2. The third-order valence-electron chi connectivity index (χ3n) is 3.79. The minimum absolute atomic E-state index is 0.356. The van der Waals surface area contributed by atoms with Crippen molar-refractivity contribution >= 4 is 24.4 Å². The summed E-state index contributed by atoms with van der Waals surface area (Å²) in [5.74, 6) is 0.602. The molecule has 0 saturated carbocycles. The van der Waals surface area contributed by atoms with E-state index in [0.29, 0.717) is 17.5 Å². The summed E-state index contributed by atoms with van der Waals surface area (Å²) in [4.78, 5) is 15.9. The molecular weight excluding hydrogens is 304 g/mol. The molecule has 1 rings (SSSR count). The van der Waals surface area contributed by atoms with E-state index in [9.17, 15) is 4.79 Å². The molecule has 3 nitrogen and oxygen atoms in total. The second kappa shape index (κ2) is 10.1. The molecule has 1 unspecified atom stereocenters. The zero-order chi connectivity index (χ0) is 17.2. The van der Waals surface area contributed by atoms with E-state index in [1.807, 2.05) is 23.9 Å². The molecule has 1 atom stereocenters. The molecule has 0 saturated heterocycles. The van der Waals surface area contributed by atoms with Crippen molar-refractivity contribution in [3.8, 4) is 0 Å². The first-order valence-electron chi connectivity index (χ1n) is 7.82. The topological polar surface area (TPSA) is 41.5 Å². The van der Waals surface area contributed by atoms with Crippen LogP contribution in [0.3, 0.4) is 0 Å². The van der Waals surface area contributed by atoms with Gasteiger partial charge in [0.05, 0.1) is 0 Å². The molecule has 1 heterocycles. The van der Waals surface area contributed by atoms with E-state index in [1.54, 1.807) is 6.21 Å². The number of rotatable bonds is 8. The van der Waals surface area contributed by atoms with Gasteiger partial charge in [0.25, 0.3) is 0 Å². The van der Waals surface area contributed by atoms with Crippen LogP contribution in [0.4, 0.5) is 0 Å². The lowest BCUT2D eigenvalue weighted by Gasteiger charge is -2.14. The highest BCUT2D eigenvalue weighted by molar-refractivity contribution is 8.03. The summed E-state index contributed by atoms with van der Waals surface area (Å²) in [5.41, 5.74) is 3.73. The van der Waals surface area contributed by atoms with Crippen LogP contribution >= 0.6 is 11.8 Å². The van der Waals surface area contributed by atoms with Gasteiger partial charge in [-0.25, -0.2) is 4.99 Å². The smallest absolute Gasteiger partial charge is 0.212 e. The summed E-state index contributed by atoms with van der Waals surface area (Å²) in [5, 5.41) is 2.91. The molecule has 23 heavy (non-hydrogen) atoms. The summed E-state index contributed by atoms with van der Waals surface area (Å²) >= 11 is 1.87. The SMILES string of the molecule is C=C/C(=C\C=C1\C=NC(NC=O)=CC1)C(C)S/C(C)=C(\C)CC. The number of nitrogens with zero attached hydrogens (tertiary/aromatic N) is 1. The van der Waals surface area contributed by atoms with E-state index in [2.05, 4.69) is 56.7 Å². The Kier molecular flexibility index (Phi) is 8.41. The third kappa shape index (κ3) is 6.45. The van der Waals surface area contributed by atoms with Crippen molar-refractivity contribution in [2.75, 3.05) is 0 Å². The molecule has 0 fully saturated rings. The van der Waals surface area contributed by atoms with Gasteiger partial charge in [-0.1, -0.05) is 37.3 Å². The van der Waals surface area contributed by atoms with Crippen LogP contribution in [0.15, 0.2) is 63.3 Å². The largest absolute Gasteiger partial charge is 0.314 e. The molecule has 0 aliphatic carbocycles. The number of aliphatic imine (C=N–C) groups is 1. The standard InChI is InChI=1S/C19H26N2OS/c1-6-14(3)15(4)23-16(5)18(7-2)10-8-17-9-11-19(20-12-17)21-13-22/h7-8,10-13,16H,2,6,9H2,1,3-5H3,(H,21,22)/b15-14+,17-8+,18-10+. The van der Waals surface area contributed by atoms with Crippen LogP contribution < -0.4 is 5.32 Å². The number of allylic oxidation sites excluding steroid dienone is 7. The second-order valence-corrected chi connectivity index (χ2v) is 6.93. The van der Waals surface area contributed by atoms with Crippen LogP contribution in [0.1, 0.15) is 40.5 Å². The van der Waals surface area contributed by atoms with Crippen LogP contribution in [0.5, 0.6) is 0 Å². The number of amides is 1. The molecule has 1 amide bonds. The Morgan fingerprint density at radius 2 is 2.26 bits per heavy atom. The van der Waals surface area contributed by atoms with Gasteiger partial charge in [0.1, 0.15) is 5.82 Å². The number of hydrogen-bond donors (Lipinski definition) is 1. The zero-order valence-electron chi connectivity index (χ0n) is 14.4. The first kappa shape index (κ1) is 19.2. The molecule has 124 valence electrons. The Hall–Kier alpha value is -1.81. The van der Waals surface area contributed by atoms with Crippen LogP contribution in [0.25, 0.3) is 0 Å². The molecule has 0 aromatic rings. The molecule has 0 bridgehead atoms. The second-order valence-electron chi connectivity index (χ2n) is 5.38. The molecule has 1 aliphatic heterocycles. The molecule has 0 spiro atoms. The number of hydrogen-bond acceptors (Lipinski definition) is 3. The van der Waals surface area contributed by atoms with Crippen LogP contribution in [0.2, 0.25) is 0 Å². The molecule has 0 aromatic carbocycles. The van der Waals surface area contributed by atoms with Crippen molar-refractivity contribution in [2.45, 2.75) is 45.8 Å². The van der Waals surface area contributed by atoms with Gasteiger partial charge in [0.15, 0.2) is 0 Å². The fourth-order valence-electron chi connectivity index (χ4n) is 2.00. The Balaban J connectivity index is 2.77. The molecular formula is C19H26N2OS. The molecule has 1 N–H and O–H groups in total. The normalized spacial score (nSPS) is 19.0. The van der Waals surface area contributed by atoms with E-state index in [-0.39, 0.29) is 0 Å². The van der Waals surface area contributed by atoms with Crippen LogP contribution in [-0.2, 0) is 4.79 Å². The highest BCUT2D eigenvalue weighted by atomic mass is 32.2. The molecule has 0 radical (unpaired) electrons. The number of carbonyl (C=O) groups is 1. The monoisotopic (exact) mass is 330 g/mol. The Morgan fingerprint density at radius 3 is 2.78 bits per heavy atom. The first-order chi connectivity index (χ1) is 11.0. The van der Waals surface area contributed by atoms with Crippen molar-refractivity contribution in [2.24, 2.45) is 4.99 Å². The lowest BCUT2D eigenvalue weighted by Crippen LogP contribution is -2.10. The average molecular weight is 330 g/mol. The number of nitrogens with one attached hydrogen (secondary N) is 1. The van der Waals surface area contributed by atoms with Crippen LogP contribution in [0, 0.1) is 0 Å². The first-order valence-corrected chi connectivity index (χ1v) is 8.70. The van der Waals surface area contributed by atoms with Crippen molar-refractivity contribution < 1.29 is 4.79 Å². The summed E-state index contributed by atoms with van der Waals surface area (Å²) < 4.78 is 0. The summed E-state index contributed by atoms with van der Waals surface area (Å²) in [6.07, 6.45) is 12.3. The Bertz CT molecular complexity index is 594. The van der Waals surface area contributed by atoms with Gasteiger partial charge in [0.2, 0.25) is 6.41 Å². The quantitative estimate of drug-likeness (QED) is 0.507. The predicted molar refractivity (Wildman–Crippen MR) is 102 cm³/mol. The maximum Gasteiger partial charge on any atom is 0.212 e. The molecule has 1 aliphatic rings. The lowest BCUT2D eigenvalue weighted by molar-refractivity contribution is -0.108. The summed E-state index contributed by atoms with van der Waals surface area (Å²) in [7, 11) is 0. The van der Waals surface area contributed by atoms with E-state index < -0.39 is 0 Å². The minimum Gasteiger partial charge on any atom is -0.314 e. The van der Waals surface area contributed by atoms with Gasteiger partial charge in [0, 0.05) is 11.5 Å². The van der Waals surface area contributed by atoms with Crippen molar-refractivity contribution in [3.05, 3.63) is 58.3 Å². The van der Waals surface area contributed by atoms with Crippen molar-refractivity contribution in [3.63, 3.8) is 0 Å². The van der Waals surface area contributed by atoms with Crippen LogP contribution in [-0.4, -0.2) is 17.9 Å². The van der Waals surface area contributed by atoms with Crippen molar-refractivity contribution in [1.29, 1.82) is 0 Å². The molecule has 0 aromatic heterocycles. The number of thioether (sulfide) groups is 1. The Morgan fingerprint density at radius 1 is 1.52 bits per heavy atom. The van der Waals surface area contributed by atoms with Gasteiger partial charge in [-0.15, -0.1) is 11.8 Å². The fraction of sp³-hybridized carbons (Fsp3) is 0.368. The lowest BCUT2D eigenvalue weighted by atomic mass is 10.1. The summed E-state index contributed by atoms with van der Waals surface area (Å²) in [6, 6.07) is 0. The van der Waals surface area contributed by atoms with Gasteiger partial charge in [-0.2, -0.15) is 0 Å². The fourth-order valence-corrected chi connectivity index (χ4v) is 3.18. The van der Waals surface area contributed by atoms with Gasteiger partial charge in [-0.3, -0.25) is 4.79 Å². The van der Waals surface area contributed by atoms with E-state index in [4.69, 9.17) is 0 Å². The highest BCUT2D eigenvalue weighted by Gasteiger charge is 2.08. The van der Waals surface area contributed by atoms with E-state index >= 15 is 0 Å². The molecule has 4 heteroatoms. The van der Waals surface area contributed by atoms with Gasteiger partial charge < -0.3 is 5.32 Å². The maximum atomic E-state index is 10.4. The number of carbonyl (C=O) groups excluding carboxylic acids is 1. The van der Waals surface area contributed by atoms with Crippen molar-refractivity contribution in [1.82, 2.24) is 5.32 Å².